The zero-order valence-electron chi connectivity index (χ0n) is 11.1. The average molecular weight is 253 g/mol. The van der Waals surface area contributed by atoms with Crippen molar-refractivity contribution in [2.24, 2.45) is 0 Å². The number of hydrogen-bond donors (Lipinski definition) is 0. The molecule has 4 heteroatoms. The number of hydrogen-bond acceptors (Lipinski definition) is 3. The molecule has 2 aromatic rings. The van der Waals surface area contributed by atoms with E-state index in [1.807, 2.05) is 26.0 Å². The Morgan fingerprint density at radius 3 is 2.42 bits per heavy atom. The Labute approximate surface area is 112 Å². The van der Waals surface area contributed by atoms with Gasteiger partial charge in [0.2, 0.25) is 0 Å². The Balaban J connectivity index is 2.57. The first-order chi connectivity index (χ1) is 9.24. The van der Waals surface area contributed by atoms with Gasteiger partial charge in [-0.15, -0.1) is 0 Å². The van der Waals surface area contributed by atoms with Crippen molar-refractivity contribution >= 4 is 6.29 Å². The van der Waals surface area contributed by atoms with Gasteiger partial charge in [0.05, 0.1) is 34.3 Å². The van der Waals surface area contributed by atoms with Crippen LogP contribution in [0.15, 0.2) is 24.3 Å². The van der Waals surface area contributed by atoms with Crippen LogP contribution in [-0.4, -0.2) is 16.1 Å². The third kappa shape index (κ3) is 2.27. The van der Waals surface area contributed by atoms with Gasteiger partial charge in [0.1, 0.15) is 0 Å². The summed E-state index contributed by atoms with van der Waals surface area (Å²) in [6.07, 6.45) is 2.34. The number of benzene rings is 1. The molecule has 19 heavy (non-hydrogen) atoms. The van der Waals surface area contributed by atoms with Gasteiger partial charge in [-0.25, -0.2) is 4.68 Å². The maximum Gasteiger partial charge on any atom is 0.153 e. The van der Waals surface area contributed by atoms with E-state index in [9.17, 15) is 4.79 Å². The Hall–Kier alpha value is -2.41. The molecule has 0 saturated carbocycles. The van der Waals surface area contributed by atoms with E-state index in [2.05, 4.69) is 11.2 Å². The number of nitrogens with zero attached hydrogens (tertiary/aromatic N) is 3. The van der Waals surface area contributed by atoms with Gasteiger partial charge in [0, 0.05) is 0 Å². The van der Waals surface area contributed by atoms with Crippen molar-refractivity contribution in [3.63, 3.8) is 0 Å². The minimum absolute atomic E-state index is 0.611. The van der Waals surface area contributed by atoms with Crippen LogP contribution < -0.4 is 0 Å². The molecule has 0 unspecified atom stereocenters. The largest absolute Gasteiger partial charge is 0.298 e. The lowest BCUT2D eigenvalue weighted by atomic mass is 10.1. The molecule has 4 nitrogen and oxygen atoms in total. The number of carbonyl (C=O) groups excluding carboxylic acids is 1. The van der Waals surface area contributed by atoms with Gasteiger partial charge >= 0.3 is 0 Å². The quantitative estimate of drug-likeness (QED) is 0.787. The van der Waals surface area contributed by atoms with Gasteiger partial charge < -0.3 is 0 Å². The molecule has 0 fully saturated rings. The summed E-state index contributed by atoms with van der Waals surface area (Å²) in [6.45, 7) is 3.99. The van der Waals surface area contributed by atoms with Gasteiger partial charge in [0.15, 0.2) is 6.29 Å². The molecule has 1 heterocycles. The van der Waals surface area contributed by atoms with E-state index in [4.69, 9.17) is 5.26 Å². The fraction of sp³-hybridized carbons (Fsp3) is 0.267. The Morgan fingerprint density at radius 1 is 1.26 bits per heavy atom. The SMILES string of the molecule is CCc1nn(-c2ccc(C#N)cc2)c(CC)c1C=O. The summed E-state index contributed by atoms with van der Waals surface area (Å²) in [6, 6.07) is 9.28. The molecule has 96 valence electrons. The Morgan fingerprint density at radius 2 is 1.95 bits per heavy atom. The van der Waals surface area contributed by atoms with Crippen molar-refractivity contribution in [1.29, 1.82) is 5.26 Å². The highest BCUT2D eigenvalue weighted by Crippen LogP contribution is 2.19. The van der Waals surface area contributed by atoms with Crippen molar-refractivity contribution in [1.82, 2.24) is 9.78 Å². The van der Waals surface area contributed by atoms with Gasteiger partial charge in [-0.2, -0.15) is 10.4 Å². The van der Waals surface area contributed by atoms with Gasteiger partial charge in [-0.1, -0.05) is 13.8 Å². The van der Waals surface area contributed by atoms with Crippen LogP contribution in [0.25, 0.3) is 5.69 Å². The number of aromatic nitrogens is 2. The molecule has 0 bridgehead atoms. The molecule has 0 spiro atoms. The fourth-order valence-corrected chi connectivity index (χ4v) is 2.14. The number of aldehydes is 1. The lowest BCUT2D eigenvalue weighted by molar-refractivity contribution is 0.112. The zero-order valence-corrected chi connectivity index (χ0v) is 11.1. The van der Waals surface area contributed by atoms with Crippen LogP contribution in [0.2, 0.25) is 0 Å². The normalized spacial score (nSPS) is 10.2. The summed E-state index contributed by atoms with van der Waals surface area (Å²) in [5, 5.41) is 13.3. The van der Waals surface area contributed by atoms with Crippen LogP contribution in [0.5, 0.6) is 0 Å². The molecule has 0 amide bonds. The predicted molar refractivity (Wildman–Crippen MR) is 72.4 cm³/mol. The van der Waals surface area contributed by atoms with E-state index in [1.54, 1.807) is 16.8 Å². The molecular weight excluding hydrogens is 238 g/mol. The average Bonchev–Trinajstić information content (AvgIpc) is 2.84. The molecule has 0 aliphatic rings. The maximum atomic E-state index is 11.2. The van der Waals surface area contributed by atoms with E-state index in [0.29, 0.717) is 11.1 Å². The first-order valence-corrected chi connectivity index (χ1v) is 6.31. The van der Waals surface area contributed by atoms with Crippen LogP contribution >= 0.6 is 0 Å². The lowest BCUT2D eigenvalue weighted by Crippen LogP contribution is -2.02. The van der Waals surface area contributed by atoms with Gasteiger partial charge in [-0.05, 0) is 37.1 Å². The van der Waals surface area contributed by atoms with E-state index in [0.717, 1.165) is 36.2 Å². The van der Waals surface area contributed by atoms with E-state index >= 15 is 0 Å². The van der Waals surface area contributed by atoms with Gasteiger partial charge in [0.25, 0.3) is 0 Å². The summed E-state index contributed by atoms with van der Waals surface area (Å²) >= 11 is 0. The monoisotopic (exact) mass is 253 g/mol. The molecule has 0 N–H and O–H groups in total. The van der Waals surface area contributed by atoms with Crippen molar-refractivity contribution in [3.05, 3.63) is 46.8 Å². The predicted octanol–water partition coefficient (Wildman–Crippen LogP) is 2.68. The topological polar surface area (TPSA) is 58.7 Å². The van der Waals surface area contributed by atoms with Crippen LogP contribution in [0, 0.1) is 11.3 Å². The molecule has 2 rings (SSSR count). The van der Waals surface area contributed by atoms with Crippen LogP contribution in [0.3, 0.4) is 0 Å². The second-order valence-corrected chi connectivity index (χ2v) is 4.20. The number of rotatable bonds is 4. The van der Waals surface area contributed by atoms with Crippen LogP contribution in [0.4, 0.5) is 0 Å². The van der Waals surface area contributed by atoms with Crippen LogP contribution in [-0.2, 0) is 12.8 Å². The summed E-state index contributed by atoms with van der Waals surface area (Å²) in [5.74, 6) is 0. The molecule has 0 aliphatic carbocycles. The Kier molecular flexibility index (Phi) is 3.76. The third-order valence-electron chi connectivity index (χ3n) is 3.13. The molecule has 0 aliphatic heterocycles. The minimum atomic E-state index is 0.611. The summed E-state index contributed by atoms with van der Waals surface area (Å²) in [5.41, 5.74) is 3.90. The molecule has 0 radical (unpaired) electrons. The minimum Gasteiger partial charge on any atom is -0.298 e. The van der Waals surface area contributed by atoms with E-state index < -0.39 is 0 Å². The second kappa shape index (κ2) is 5.49. The standard InChI is InChI=1S/C15H15N3O/c1-3-14-13(10-19)15(4-2)18(17-14)12-7-5-11(9-16)6-8-12/h5-8,10H,3-4H2,1-2H3. The van der Waals surface area contributed by atoms with E-state index in [-0.39, 0.29) is 0 Å². The van der Waals surface area contributed by atoms with Crippen LogP contribution in [0.1, 0.15) is 41.2 Å². The highest BCUT2D eigenvalue weighted by atomic mass is 16.1. The van der Waals surface area contributed by atoms with Crippen molar-refractivity contribution in [2.75, 3.05) is 0 Å². The first kappa shape index (κ1) is 13.0. The van der Waals surface area contributed by atoms with E-state index in [1.165, 1.54) is 0 Å². The Bertz CT molecular complexity index is 633. The third-order valence-corrected chi connectivity index (χ3v) is 3.13. The second-order valence-electron chi connectivity index (χ2n) is 4.20. The number of carbonyl (C=O) groups is 1. The zero-order chi connectivity index (χ0) is 13.8. The van der Waals surface area contributed by atoms with Crippen molar-refractivity contribution in [2.45, 2.75) is 26.7 Å². The van der Waals surface area contributed by atoms with Crippen molar-refractivity contribution < 1.29 is 4.79 Å². The molecule has 1 aromatic heterocycles. The fourth-order valence-electron chi connectivity index (χ4n) is 2.14. The van der Waals surface area contributed by atoms with Gasteiger partial charge in [-0.3, -0.25) is 4.79 Å². The number of nitriles is 1. The number of aryl methyl sites for hydroxylation is 1. The smallest absolute Gasteiger partial charge is 0.153 e. The molecular formula is C15H15N3O. The maximum absolute atomic E-state index is 11.2. The molecule has 0 saturated heterocycles. The summed E-state index contributed by atoms with van der Waals surface area (Å²) in [7, 11) is 0. The lowest BCUT2D eigenvalue weighted by Gasteiger charge is -2.06. The summed E-state index contributed by atoms with van der Waals surface area (Å²) in [4.78, 5) is 11.2. The molecule has 1 aromatic carbocycles. The highest BCUT2D eigenvalue weighted by molar-refractivity contribution is 5.78. The first-order valence-electron chi connectivity index (χ1n) is 6.31. The highest BCUT2D eigenvalue weighted by Gasteiger charge is 2.15. The molecule has 0 atom stereocenters. The summed E-state index contributed by atoms with van der Waals surface area (Å²) < 4.78 is 1.80. The van der Waals surface area contributed by atoms with Crippen molar-refractivity contribution in [3.8, 4) is 11.8 Å².